The Kier molecular flexibility index (Phi) is 20.4. The molecule has 0 unspecified atom stereocenters. The number of hydrogen-bond acceptors (Lipinski definition) is 5. The molecule has 8 nitrogen and oxygen atoms in total. The molecule has 0 aliphatic rings. The van der Waals surface area contributed by atoms with E-state index in [9.17, 15) is 14.4 Å². The van der Waals surface area contributed by atoms with Crippen LogP contribution in [-0.4, -0.2) is 141 Å². The molecule has 92 valence electrons. The fourth-order valence-electron chi connectivity index (χ4n) is 0.747. The number of hydrogen-bond donors (Lipinski definition) is 3. The van der Waals surface area contributed by atoms with Crippen LogP contribution in [0.15, 0.2) is 0 Å². The Hall–Kier alpha value is 1.33. The summed E-state index contributed by atoms with van der Waals surface area (Å²) >= 11 is 0. The Morgan fingerprint density at radius 2 is 1.33 bits per heavy atom. The summed E-state index contributed by atoms with van der Waals surface area (Å²) < 4.78 is 8.65. The number of carboxylic acids is 3. The van der Waals surface area contributed by atoms with Crippen molar-refractivity contribution in [1.82, 2.24) is 0 Å². The summed E-state index contributed by atoms with van der Waals surface area (Å²) in [5, 5.41) is 25.5. The molecular weight excluding hydrogens is 281 g/mol. The van der Waals surface area contributed by atoms with E-state index in [-0.39, 0.29) is 95.3 Å². The van der Waals surface area contributed by atoms with Gasteiger partial charge >= 0.3 is 112 Å². The van der Waals surface area contributed by atoms with E-state index in [1.54, 1.807) is 0 Å². The van der Waals surface area contributed by atoms with Gasteiger partial charge in [0.25, 0.3) is 0 Å². The Bertz CT molecular complexity index is 268. The molecule has 0 aromatic heterocycles. The van der Waals surface area contributed by atoms with E-state index in [4.69, 9.17) is 15.3 Å². The van der Waals surface area contributed by atoms with Crippen molar-refractivity contribution in [2.75, 3.05) is 13.2 Å². The molecule has 11 heteroatoms. The normalized spacial score (nSPS) is 9.17. The zero-order valence-corrected chi connectivity index (χ0v) is 7.80. The number of rotatable bonds is 7. The van der Waals surface area contributed by atoms with Crippen LogP contribution in [0.3, 0.4) is 0 Å². The monoisotopic (exact) mass is 294 g/mol. The summed E-state index contributed by atoms with van der Waals surface area (Å²) in [6.07, 6.45) is 0. The summed E-state index contributed by atoms with van der Waals surface area (Å²) in [6.45, 7) is 0.0155. The summed E-state index contributed by atoms with van der Waals surface area (Å²) in [4.78, 5) is 31.4. The molecule has 0 spiro atoms. The predicted octanol–water partition coefficient (Wildman–Crippen LogP) is -2.96. The van der Waals surface area contributed by atoms with Gasteiger partial charge in [0.05, 0.1) is 0 Å². The molecule has 0 aromatic rings. The zero-order chi connectivity index (χ0) is 12.1. The Balaban J connectivity index is -0.000000327. The van der Waals surface area contributed by atoms with Gasteiger partial charge in [-0.3, -0.25) is 0 Å². The number of carboxylic acid groups (broad SMARTS) is 3. The van der Waals surface area contributed by atoms with Crippen molar-refractivity contribution < 1.29 is 39.2 Å². The molecule has 0 radical (unpaired) electrons. The van der Waals surface area contributed by atoms with E-state index < -0.39 is 30.3 Å². The first kappa shape index (κ1) is 27.6. The number of carbonyl (C=O) groups is 3. The van der Waals surface area contributed by atoms with E-state index >= 15 is 0 Å². The van der Waals surface area contributed by atoms with Gasteiger partial charge in [0.2, 0.25) is 0 Å². The van der Waals surface area contributed by atoms with Gasteiger partial charge in [-0.2, -0.15) is 0 Å². The van der Waals surface area contributed by atoms with Crippen molar-refractivity contribution in [1.29, 1.82) is 0 Å². The fraction of sp³-hybridized carbons (Fsp3) is 0.571. The first-order valence-corrected chi connectivity index (χ1v) is 3.83. The molecule has 0 saturated carbocycles. The van der Waals surface area contributed by atoms with E-state index in [1.807, 2.05) is 0 Å². The third-order valence-electron chi connectivity index (χ3n) is 1.31. The molecule has 0 rings (SSSR count). The zero-order valence-electron chi connectivity index (χ0n) is 7.80. The van der Waals surface area contributed by atoms with Crippen molar-refractivity contribution in [2.24, 2.45) is 0 Å². The summed E-state index contributed by atoms with van der Waals surface area (Å²) in [7, 11) is 0. The molecule has 0 saturated heterocycles. The van der Waals surface area contributed by atoms with Crippen molar-refractivity contribution in [3.05, 3.63) is 0 Å². The second-order valence-electron chi connectivity index (χ2n) is 2.34. The molecule has 0 bridgehead atoms. The predicted molar refractivity (Wildman–Crippen MR) is 64.7 cm³/mol. The van der Waals surface area contributed by atoms with Crippen LogP contribution in [0.4, 0.5) is 0 Å². The molecule has 0 fully saturated rings. The van der Waals surface area contributed by atoms with Gasteiger partial charge in [0.1, 0.15) is 6.61 Å². The van der Waals surface area contributed by atoms with Crippen molar-refractivity contribution in [2.45, 2.75) is 12.7 Å². The SMILES string of the molecule is CCOC(OCC(=O)O)(C(=O)O)C(=O)O.[NaH].[NaH].[NaH]. The van der Waals surface area contributed by atoms with E-state index in [2.05, 4.69) is 9.47 Å². The average molecular weight is 294 g/mol. The Morgan fingerprint density at radius 3 is 1.56 bits per heavy atom. The van der Waals surface area contributed by atoms with Crippen molar-refractivity contribution >= 4 is 107 Å². The van der Waals surface area contributed by atoms with Gasteiger partial charge in [-0.1, -0.05) is 0 Å². The van der Waals surface area contributed by atoms with Crippen LogP contribution in [0.25, 0.3) is 0 Å². The van der Waals surface area contributed by atoms with E-state index in [1.165, 1.54) is 6.92 Å². The molecule has 0 aliphatic carbocycles. The summed E-state index contributed by atoms with van der Waals surface area (Å²) in [5.41, 5.74) is 0. The van der Waals surface area contributed by atoms with Crippen LogP contribution >= 0.6 is 0 Å². The standard InChI is InChI=1S/C7H10O8.3Na.3H/c1-2-14-7(5(10)11,6(12)13)15-3-4(8)9;;;;;;/h2-3H2,1H3,(H,8,9)(H,10,11)(H,12,13);;;;;;. The molecule has 0 atom stereocenters. The second kappa shape index (κ2) is 13.3. The molecular formula is C7H13Na3O8. The fourth-order valence-corrected chi connectivity index (χ4v) is 0.747. The molecule has 0 heterocycles. The van der Waals surface area contributed by atoms with Gasteiger partial charge in [0.15, 0.2) is 0 Å². The van der Waals surface area contributed by atoms with Crippen LogP contribution in [0.1, 0.15) is 6.92 Å². The molecule has 18 heavy (non-hydrogen) atoms. The molecule has 0 aliphatic heterocycles. The van der Waals surface area contributed by atoms with Gasteiger partial charge < -0.3 is 24.8 Å². The van der Waals surface area contributed by atoms with Crippen LogP contribution in [0.2, 0.25) is 0 Å². The molecule has 3 N–H and O–H groups in total. The Labute approximate surface area is 169 Å². The van der Waals surface area contributed by atoms with Crippen LogP contribution < -0.4 is 0 Å². The van der Waals surface area contributed by atoms with Gasteiger partial charge in [-0.05, 0) is 6.92 Å². The van der Waals surface area contributed by atoms with Crippen LogP contribution in [0, 0.1) is 0 Å². The molecule has 0 aromatic carbocycles. The van der Waals surface area contributed by atoms with Gasteiger partial charge in [-0.25, -0.2) is 14.4 Å². The number of ether oxygens (including phenoxy) is 2. The van der Waals surface area contributed by atoms with Crippen LogP contribution in [-0.2, 0) is 23.9 Å². The maximum absolute atomic E-state index is 10.6. The van der Waals surface area contributed by atoms with Gasteiger partial charge in [-0.15, -0.1) is 0 Å². The van der Waals surface area contributed by atoms with Crippen LogP contribution in [0.5, 0.6) is 0 Å². The third-order valence-corrected chi connectivity index (χ3v) is 1.31. The van der Waals surface area contributed by atoms with E-state index in [0.29, 0.717) is 0 Å². The first-order chi connectivity index (χ1) is 6.86. The maximum atomic E-state index is 10.6. The minimum absolute atomic E-state index is 0. The quantitative estimate of drug-likeness (QED) is 0.258. The summed E-state index contributed by atoms with van der Waals surface area (Å²) in [5.74, 6) is -8.30. The third kappa shape index (κ3) is 8.49. The Morgan fingerprint density at radius 1 is 0.944 bits per heavy atom. The number of aliphatic carboxylic acids is 3. The van der Waals surface area contributed by atoms with E-state index in [0.717, 1.165) is 0 Å². The average Bonchev–Trinajstić information content (AvgIpc) is 2.10. The second-order valence-corrected chi connectivity index (χ2v) is 2.34. The van der Waals surface area contributed by atoms with Crippen molar-refractivity contribution in [3.8, 4) is 0 Å². The summed E-state index contributed by atoms with van der Waals surface area (Å²) in [6, 6.07) is 0. The van der Waals surface area contributed by atoms with Gasteiger partial charge in [0, 0.05) is 6.61 Å². The van der Waals surface area contributed by atoms with Crippen molar-refractivity contribution in [3.63, 3.8) is 0 Å². The first-order valence-electron chi connectivity index (χ1n) is 3.83. The topological polar surface area (TPSA) is 130 Å². The minimum atomic E-state index is -2.97. The molecule has 0 amide bonds.